The lowest BCUT2D eigenvalue weighted by atomic mass is 9.41. The van der Waals surface area contributed by atoms with Crippen molar-refractivity contribution in [3.63, 3.8) is 0 Å². The number of fused-ring (bicyclic) bond motifs is 2. The minimum atomic E-state index is -0.716. The summed E-state index contributed by atoms with van der Waals surface area (Å²) in [6.07, 6.45) is 17.4. The van der Waals surface area contributed by atoms with Crippen molar-refractivity contribution in [2.24, 2.45) is 50.7 Å². The maximum Gasteiger partial charge on any atom is 0.302 e. The van der Waals surface area contributed by atoms with Crippen molar-refractivity contribution < 1.29 is 14.6 Å². The predicted octanol–water partition coefficient (Wildman–Crippen LogP) is 7.71. The lowest BCUT2D eigenvalue weighted by molar-refractivity contribution is -0.181. The lowest BCUT2D eigenvalue weighted by Crippen LogP contribution is -2.58. The van der Waals surface area contributed by atoms with E-state index >= 15 is 0 Å². The van der Waals surface area contributed by atoms with Gasteiger partial charge in [-0.1, -0.05) is 46.8 Å². The third-order valence-corrected chi connectivity index (χ3v) is 13.1. The highest BCUT2D eigenvalue weighted by Gasteiger charge is 2.82. The molecule has 3 nitrogen and oxygen atoms in total. The van der Waals surface area contributed by atoms with Crippen LogP contribution in [0.4, 0.5) is 0 Å². The molecule has 0 amide bonds. The Hall–Kier alpha value is -0.830. The van der Waals surface area contributed by atoms with Crippen LogP contribution in [0.25, 0.3) is 0 Å². The maximum absolute atomic E-state index is 11.8. The van der Waals surface area contributed by atoms with Crippen molar-refractivity contribution in [1.82, 2.24) is 0 Å². The zero-order chi connectivity index (χ0) is 25.7. The zero-order valence-electron chi connectivity index (χ0n) is 23.9. The minimum absolute atomic E-state index is 0.0829. The summed E-state index contributed by atoms with van der Waals surface area (Å²) < 4.78 is 5.89. The van der Waals surface area contributed by atoms with Crippen molar-refractivity contribution in [3.05, 3.63) is 12.2 Å². The van der Waals surface area contributed by atoms with Crippen LogP contribution < -0.4 is 0 Å². The fraction of sp³-hybridized carbons (Fsp3) is 0.906. The highest BCUT2D eigenvalue weighted by atomic mass is 16.5. The fourth-order valence-corrected chi connectivity index (χ4v) is 11.4. The van der Waals surface area contributed by atoms with Gasteiger partial charge in [0.15, 0.2) is 0 Å². The highest BCUT2D eigenvalue weighted by Crippen LogP contribution is 2.89. The summed E-state index contributed by atoms with van der Waals surface area (Å²) >= 11 is 0. The van der Waals surface area contributed by atoms with Crippen molar-refractivity contribution in [1.29, 1.82) is 0 Å². The van der Waals surface area contributed by atoms with Crippen molar-refractivity contribution in [3.8, 4) is 0 Å². The standard InChI is InChI=1S/C32H52O3/c1-21(10-9-15-27(3,4)34)23-13-16-30(8)25-12-11-24-28(5,6)26(35-22(2)33)14-17-31(24)20-32(25,31)19-18-29(23,30)7/h9,15,21,23-26,34H,10-14,16-20H2,1-8H3/b15-9+/t21-,23-,24?,25+,26+,29-,30+,31?,32?/m1/s1. The molecular formula is C32H52O3. The summed E-state index contributed by atoms with van der Waals surface area (Å²) in [5.41, 5.74) is 1.27. The quantitative estimate of drug-likeness (QED) is 0.321. The normalized spacial score (nSPS) is 48.9. The summed E-state index contributed by atoms with van der Waals surface area (Å²) in [6, 6.07) is 0. The number of hydrogen-bond acceptors (Lipinski definition) is 3. The van der Waals surface area contributed by atoms with Gasteiger partial charge in [-0.05, 0) is 123 Å². The summed E-state index contributed by atoms with van der Waals surface area (Å²) in [4.78, 5) is 11.8. The molecule has 0 aromatic carbocycles. The second-order valence-corrected chi connectivity index (χ2v) is 15.4. The Morgan fingerprint density at radius 2 is 1.63 bits per heavy atom. The molecule has 5 aliphatic carbocycles. The highest BCUT2D eigenvalue weighted by molar-refractivity contribution is 5.66. The van der Waals surface area contributed by atoms with Crippen LogP contribution in [-0.4, -0.2) is 22.8 Å². The first-order chi connectivity index (χ1) is 16.1. The van der Waals surface area contributed by atoms with Gasteiger partial charge in [-0.15, -0.1) is 0 Å². The van der Waals surface area contributed by atoms with Crippen LogP contribution in [0.2, 0.25) is 0 Å². The topological polar surface area (TPSA) is 46.5 Å². The number of ether oxygens (including phenoxy) is 1. The third-order valence-electron chi connectivity index (χ3n) is 13.1. The molecule has 198 valence electrons. The Kier molecular flexibility index (Phi) is 5.78. The Morgan fingerprint density at radius 1 is 0.971 bits per heavy atom. The van der Waals surface area contributed by atoms with E-state index in [1.165, 1.54) is 51.4 Å². The van der Waals surface area contributed by atoms with Crippen LogP contribution in [0.5, 0.6) is 0 Å². The molecule has 3 unspecified atom stereocenters. The molecule has 0 bridgehead atoms. The van der Waals surface area contributed by atoms with E-state index in [0.29, 0.717) is 33.5 Å². The number of carbonyl (C=O) groups is 1. The van der Waals surface area contributed by atoms with Gasteiger partial charge in [0.2, 0.25) is 0 Å². The van der Waals surface area contributed by atoms with Crippen LogP contribution in [0.15, 0.2) is 12.2 Å². The van der Waals surface area contributed by atoms with Crippen molar-refractivity contribution >= 4 is 5.97 Å². The van der Waals surface area contributed by atoms with Gasteiger partial charge < -0.3 is 9.84 Å². The number of allylic oxidation sites excluding steroid dienone is 1. The molecule has 0 aromatic rings. The Bertz CT molecular complexity index is 897. The van der Waals surface area contributed by atoms with Crippen molar-refractivity contribution in [2.75, 3.05) is 0 Å². The van der Waals surface area contributed by atoms with E-state index in [0.717, 1.165) is 24.7 Å². The van der Waals surface area contributed by atoms with Crippen LogP contribution in [-0.2, 0) is 9.53 Å². The third kappa shape index (κ3) is 3.48. The molecule has 5 rings (SSSR count). The van der Waals surface area contributed by atoms with E-state index in [1.807, 2.05) is 19.9 Å². The average Bonchev–Trinajstić information content (AvgIpc) is 3.31. The molecule has 3 heteroatoms. The Labute approximate surface area is 214 Å². The van der Waals surface area contributed by atoms with Gasteiger partial charge in [0.05, 0.1) is 5.60 Å². The molecule has 0 radical (unpaired) electrons. The number of aliphatic hydroxyl groups is 1. The predicted molar refractivity (Wildman–Crippen MR) is 142 cm³/mol. The Balaban J connectivity index is 1.38. The number of carbonyl (C=O) groups excluding carboxylic acids is 1. The summed E-state index contributed by atoms with van der Waals surface area (Å²) in [5, 5.41) is 10.1. The summed E-state index contributed by atoms with van der Waals surface area (Å²) in [6.45, 7) is 17.9. The SMILES string of the molecule is CC(=O)O[C@H]1CCC23CC24CC[C@]2(C)[C@@H]([C@H](C)C/C=C/C(C)(C)O)CC[C@@]2(C)[C@@H]4CCC3C1(C)C. The summed E-state index contributed by atoms with van der Waals surface area (Å²) in [5.74, 6) is 2.88. The second-order valence-electron chi connectivity index (χ2n) is 15.4. The molecule has 0 heterocycles. The molecule has 5 fully saturated rings. The van der Waals surface area contributed by atoms with E-state index < -0.39 is 5.60 Å². The van der Waals surface area contributed by atoms with Gasteiger partial charge in [-0.2, -0.15) is 0 Å². The first kappa shape index (κ1) is 25.8. The van der Waals surface area contributed by atoms with Crippen molar-refractivity contribution in [2.45, 2.75) is 131 Å². The van der Waals surface area contributed by atoms with Crippen LogP contribution >= 0.6 is 0 Å². The van der Waals surface area contributed by atoms with E-state index in [4.69, 9.17) is 4.74 Å². The number of rotatable bonds is 5. The average molecular weight is 485 g/mol. The molecule has 0 saturated heterocycles. The van der Waals surface area contributed by atoms with E-state index in [2.05, 4.69) is 40.7 Å². The van der Waals surface area contributed by atoms with E-state index in [-0.39, 0.29) is 17.5 Å². The van der Waals surface area contributed by atoms with Crippen LogP contribution in [0, 0.1) is 50.7 Å². The molecule has 2 spiro atoms. The van der Waals surface area contributed by atoms with Gasteiger partial charge >= 0.3 is 5.97 Å². The monoisotopic (exact) mass is 484 g/mol. The molecular weight excluding hydrogens is 432 g/mol. The molecule has 35 heavy (non-hydrogen) atoms. The van der Waals surface area contributed by atoms with Gasteiger partial charge in [0, 0.05) is 12.3 Å². The number of esters is 1. The van der Waals surface area contributed by atoms with E-state index in [9.17, 15) is 9.90 Å². The second kappa shape index (κ2) is 7.84. The Morgan fingerprint density at radius 3 is 2.29 bits per heavy atom. The molecule has 9 atom stereocenters. The minimum Gasteiger partial charge on any atom is -0.462 e. The van der Waals surface area contributed by atoms with Gasteiger partial charge in [0.1, 0.15) is 6.10 Å². The molecule has 5 saturated carbocycles. The maximum atomic E-state index is 11.8. The number of hydrogen-bond donors (Lipinski definition) is 1. The fourth-order valence-electron chi connectivity index (χ4n) is 11.4. The van der Waals surface area contributed by atoms with Gasteiger partial charge in [0.25, 0.3) is 0 Å². The lowest BCUT2D eigenvalue weighted by Gasteiger charge is -2.63. The largest absolute Gasteiger partial charge is 0.462 e. The van der Waals surface area contributed by atoms with E-state index in [1.54, 1.807) is 6.92 Å². The molecule has 0 aliphatic heterocycles. The molecule has 1 N–H and O–H groups in total. The first-order valence-corrected chi connectivity index (χ1v) is 14.7. The molecule has 0 aromatic heterocycles. The smallest absolute Gasteiger partial charge is 0.302 e. The molecule has 5 aliphatic rings. The van der Waals surface area contributed by atoms with Gasteiger partial charge in [-0.25, -0.2) is 0 Å². The van der Waals surface area contributed by atoms with Crippen LogP contribution in [0.3, 0.4) is 0 Å². The first-order valence-electron chi connectivity index (χ1n) is 14.7. The van der Waals surface area contributed by atoms with Gasteiger partial charge in [-0.3, -0.25) is 4.79 Å². The summed E-state index contributed by atoms with van der Waals surface area (Å²) in [7, 11) is 0. The van der Waals surface area contributed by atoms with Crippen LogP contribution in [0.1, 0.15) is 120 Å². The zero-order valence-corrected chi connectivity index (χ0v) is 23.9.